The minimum atomic E-state index is 0.772. The van der Waals surface area contributed by atoms with Gasteiger partial charge >= 0.3 is 0 Å². The fourth-order valence-electron chi connectivity index (χ4n) is 2.25. The van der Waals surface area contributed by atoms with E-state index in [2.05, 4.69) is 17.4 Å². The van der Waals surface area contributed by atoms with Crippen LogP contribution in [0.25, 0.3) is 0 Å². The highest BCUT2D eigenvalue weighted by molar-refractivity contribution is 7.99. The molecule has 0 spiro atoms. The predicted octanol–water partition coefficient (Wildman–Crippen LogP) is 3.32. The molecule has 1 unspecified atom stereocenters. The topological polar surface area (TPSA) is 21.3 Å². The highest BCUT2D eigenvalue weighted by Crippen LogP contribution is 2.29. The molecule has 1 aliphatic heterocycles. The molecular weight excluding hydrogens is 230 g/mol. The van der Waals surface area contributed by atoms with E-state index in [0.29, 0.717) is 0 Å². The van der Waals surface area contributed by atoms with Crippen molar-refractivity contribution in [3.63, 3.8) is 0 Å². The number of benzene rings is 1. The third-order valence-corrected chi connectivity index (χ3v) is 4.33. The lowest BCUT2D eigenvalue weighted by Crippen LogP contribution is -2.20. The summed E-state index contributed by atoms with van der Waals surface area (Å²) in [5, 5.41) is 3.54. The van der Waals surface area contributed by atoms with E-state index in [1.807, 2.05) is 23.9 Å². The van der Waals surface area contributed by atoms with Crippen molar-refractivity contribution in [1.82, 2.24) is 5.32 Å². The minimum Gasteiger partial charge on any atom is -0.496 e. The molecule has 3 heteroatoms. The number of nitrogens with one attached hydrogen (secondary N) is 1. The summed E-state index contributed by atoms with van der Waals surface area (Å²) >= 11 is 1.90. The second kappa shape index (κ2) is 6.92. The summed E-state index contributed by atoms with van der Waals surface area (Å²) in [5.41, 5.74) is 0. The smallest absolute Gasteiger partial charge is 0.132 e. The van der Waals surface area contributed by atoms with Gasteiger partial charge in [-0.05, 0) is 50.1 Å². The Bertz CT molecular complexity index is 337. The Balaban J connectivity index is 1.70. The van der Waals surface area contributed by atoms with Crippen LogP contribution in [0, 0.1) is 0 Å². The van der Waals surface area contributed by atoms with Crippen LogP contribution in [-0.2, 0) is 0 Å². The van der Waals surface area contributed by atoms with Crippen molar-refractivity contribution in [2.45, 2.75) is 36.6 Å². The van der Waals surface area contributed by atoms with Gasteiger partial charge in [-0.25, -0.2) is 0 Å². The van der Waals surface area contributed by atoms with Crippen LogP contribution >= 0.6 is 11.8 Å². The van der Waals surface area contributed by atoms with E-state index in [4.69, 9.17) is 4.74 Å². The van der Waals surface area contributed by atoms with E-state index in [0.717, 1.165) is 11.8 Å². The molecule has 1 aliphatic rings. The molecule has 2 rings (SSSR count). The quantitative estimate of drug-likeness (QED) is 0.619. The zero-order chi connectivity index (χ0) is 11.9. The van der Waals surface area contributed by atoms with Crippen LogP contribution in [0.4, 0.5) is 0 Å². The molecular formula is C14H21NOS. The van der Waals surface area contributed by atoms with E-state index < -0.39 is 0 Å². The van der Waals surface area contributed by atoms with Gasteiger partial charge in [0.1, 0.15) is 5.75 Å². The highest BCUT2D eigenvalue weighted by atomic mass is 32.2. The first-order valence-electron chi connectivity index (χ1n) is 6.39. The number of hydrogen-bond acceptors (Lipinski definition) is 3. The first-order valence-corrected chi connectivity index (χ1v) is 7.38. The van der Waals surface area contributed by atoms with Crippen LogP contribution in [0.2, 0.25) is 0 Å². The molecule has 0 amide bonds. The number of thioether (sulfide) groups is 1. The molecule has 0 saturated carbocycles. The second-order valence-corrected chi connectivity index (χ2v) is 5.57. The molecule has 0 aromatic heterocycles. The third kappa shape index (κ3) is 3.93. The Labute approximate surface area is 108 Å². The maximum Gasteiger partial charge on any atom is 0.132 e. The lowest BCUT2D eigenvalue weighted by atomic mass is 10.1. The van der Waals surface area contributed by atoms with E-state index in [-0.39, 0.29) is 0 Å². The zero-order valence-corrected chi connectivity index (χ0v) is 11.3. The van der Waals surface area contributed by atoms with Gasteiger partial charge in [0.2, 0.25) is 0 Å². The highest BCUT2D eigenvalue weighted by Gasteiger charge is 2.13. The molecule has 94 valence electrons. The van der Waals surface area contributed by atoms with Crippen molar-refractivity contribution >= 4 is 11.8 Å². The number of methoxy groups -OCH3 is 1. The average Bonchev–Trinajstić information content (AvgIpc) is 2.88. The number of hydrogen-bond donors (Lipinski definition) is 1. The maximum atomic E-state index is 5.34. The fourth-order valence-corrected chi connectivity index (χ4v) is 3.25. The summed E-state index contributed by atoms with van der Waals surface area (Å²) in [6.45, 7) is 1.21. The number of para-hydroxylation sites is 1. The van der Waals surface area contributed by atoms with Crippen LogP contribution in [0.5, 0.6) is 5.75 Å². The average molecular weight is 251 g/mol. The maximum absolute atomic E-state index is 5.34. The van der Waals surface area contributed by atoms with E-state index in [9.17, 15) is 0 Å². The zero-order valence-electron chi connectivity index (χ0n) is 10.4. The molecule has 0 aliphatic carbocycles. The van der Waals surface area contributed by atoms with Crippen molar-refractivity contribution in [2.24, 2.45) is 0 Å². The van der Waals surface area contributed by atoms with Gasteiger partial charge in [-0.15, -0.1) is 11.8 Å². The first kappa shape index (κ1) is 12.8. The van der Waals surface area contributed by atoms with Crippen molar-refractivity contribution in [1.29, 1.82) is 0 Å². The SMILES string of the molecule is COc1ccccc1SCCCC1CCCN1. The van der Waals surface area contributed by atoms with Crippen LogP contribution in [0.3, 0.4) is 0 Å². The summed E-state index contributed by atoms with van der Waals surface area (Å²) in [5.74, 6) is 2.18. The van der Waals surface area contributed by atoms with Gasteiger partial charge in [0.05, 0.1) is 7.11 Å². The minimum absolute atomic E-state index is 0.772. The molecule has 1 fully saturated rings. The van der Waals surface area contributed by atoms with E-state index >= 15 is 0 Å². The Morgan fingerprint density at radius 2 is 2.29 bits per heavy atom. The van der Waals surface area contributed by atoms with E-state index in [1.54, 1.807) is 7.11 Å². The van der Waals surface area contributed by atoms with Gasteiger partial charge in [0.15, 0.2) is 0 Å². The summed E-state index contributed by atoms with van der Waals surface area (Å²) in [4.78, 5) is 1.26. The van der Waals surface area contributed by atoms with Crippen molar-refractivity contribution in [3.05, 3.63) is 24.3 Å². The molecule has 17 heavy (non-hydrogen) atoms. The lowest BCUT2D eigenvalue weighted by Gasteiger charge is -2.10. The Morgan fingerprint density at radius 3 is 3.06 bits per heavy atom. The molecule has 1 N–H and O–H groups in total. The number of ether oxygens (including phenoxy) is 1. The monoisotopic (exact) mass is 251 g/mol. The summed E-state index contributed by atoms with van der Waals surface area (Å²) in [6.07, 6.45) is 5.30. The van der Waals surface area contributed by atoms with E-state index in [1.165, 1.54) is 42.9 Å². The molecule has 1 aromatic rings. The Morgan fingerprint density at radius 1 is 1.41 bits per heavy atom. The summed E-state index contributed by atoms with van der Waals surface area (Å²) < 4.78 is 5.34. The predicted molar refractivity (Wildman–Crippen MR) is 74.0 cm³/mol. The van der Waals surface area contributed by atoms with Gasteiger partial charge in [-0.2, -0.15) is 0 Å². The van der Waals surface area contributed by atoms with Crippen molar-refractivity contribution < 1.29 is 4.74 Å². The summed E-state index contributed by atoms with van der Waals surface area (Å²) in [6, 6.07) is 9.03. The van der Waals surface area contributed by atoms with Crippen molar-refractivity contribution in [3.8, 4) is 5.75 Å². The van der Waals surface area contributed by atoms with Crippen LogP contribution in [0.15, 0.2) is 29.2 Å². The van der Waals surface area contributed by atoms with Gasteiger partial charge < -0.3 is 10.1 Å². The van der Waals surface area contributed by atoms with Gasteiger partial charge in [0.25, 0.3) is 0 Å². The molecule has 2 nitrogen and oxygen atoms in total. The molecule has 1 aromatic carbocycles. The molecule has 1 saturated heterocycles. The fraction of sp³-hybridized carbons (Fsp3) is 0.571. The lowest BCUT2D eigenvalue weighted by molar-refractivity contribution is 0.405. The Kier molecular flexibility index (Phi) is 5.20. The summed E-state index contributed by atoms with van der Waals surface area (Å²) in [7, 11) is 1.74. The third-order valence-electron chi connectivity index (χ3n) is 3.19. The van der Waals surface area contributed by atoms with Gasteiger partial charge in [-0.1, -0.05) is 12.1 Å². The normalized spacial score (nSPS) is 19.5. The van der Waals surface area contributed by atoms with Crippen LogP contribution in [0.1, 0.15) is 25.7 Å². The largest absolute Gasteiger partial charge is 0.496 e. The number of rotatable bonds is 6. The van der Waals surface area contributed by atoms with Gasteiger partial charge in [0, 0.05) is 10.9 Å². The molecule has 0 bridgehead atoms. The first-order chi connectivity index (χ1) is 8.40. The molecule has 0 radical (unpaired) electrons. The standard InChI is InChI=1S/C14H21NOS/c1-16-13-8-2-3-9-14(13)17-11-5-7-12-6-4-10-15-12/h2-3,8-9,12,15H,4-7,10-11H2,1H3. The second-order valence-electron chi connectivity index (χ2n) is 4.43. The molecule has 1 atom stereocenters. The van der Waals surface area contributed by atoms with Crippen LogP contribution < -0.4 is 10.1 Å². The molecule has 1 heterocycles. The van der Waals surface area contributed by atoms with Crippen LogP contribution in [-0.4, -0.2) is 25.4 Å². The van der Waals surface area contributed by atoms with Crippen molar-refractivity contribution in [2.75, 3.05) is 19.4 Å². The van der Waals surface area contributed by atoms with Gasteiger partial charge in [-0.3, -0.25) is 0 Å². The Hall–Kier alpha value is -0.670.